The Labute approximate surface area is 147 Å². The molecular weight excluding hydrogens is 316 g/mol. The molecule has 6 nitrogen and oxygen atoms in total. The molecule has 2 aromatic rings. The number of carbonyl (C=O) groups excluding carboxylic acids is 1. The maximum absolute atomic E-state index is 13.3. The van der Waals surface area contributed by atoms with Gasteiger partial charge in [-0.05, 0) is 30.5 Å². The van der Waals surface area contributed by atoms with Gasteiger partial charge in [0.2, 0.25) is 0 Å². The van der Waals surface area contributed by atoms with Crippen molar-refractivity contribution >= 4 is 5.91 Å². The number of likely N-dealkylation sites (tertiary alicyclic amines) is 1. The van der Waals surface area contributed by atoms with Gasteiger partial charge in [-0.25, -0.2) is 4.98 Å². The first-order chi connectivity index (χ1) is 12.1. The standard InChI is InChI=1S/C19H24N4O2/c1-12-17(22(2)11-21-12)19(24)23-10-14-8-20-9-16(14)18(23)13-4-6-15(25-3)7-5-13/h4-7,11,14,16,18,20H,8-10H2,1-3H3/t14-,16-,18-/m0/s1. The van der Waals surface area contributed by atoms with Gasteiger partial charge in [0.1, 0.15) is 11.4 Å². The monoisotopic (exact) mass is 340 g/mol. The molecule has 2 aliphatic heterocycles. The number of aryl methyl sites for hydroxylation is 2. The number of hydrogen-bond donors (Lipinski definition) is 1. The van der Waals surface area contributed by atoms with Crippen molar-refractivity contribution in [1.29, 1.82) is 0 Å². The highest BCUT2D eigenvalue weighted by Crippen LogP contribution is 2.43. The van der Waals surface area contributed by atoms with Crippen LogP contribution < -0.4 is 10.1 Å². The zero-order chi connectivity index (χ0) is 17.6. The van der Waals surface area contributed by atoms with Crippen molar-refractivity contribution in [2.45, 2.75) is 13.0 Å². The van der Waals surface area contributed by atoms with Crippen LogP contribution in [0.25, 0.3) is 0 Å². The number of ether oxygens (including phenoxy) is 1. The van der Waals surface area contributed by atoms with Gasteiger partial charge in [-0.2, -0.15) is 0 Å². The van der Waals surface area contributed by atoms with Gasteiger partial charge in [-0.15, -0.1) is 0 Å². The fourth-order valence-corrected chi connectivity index (χ4v) is 4.35. The van der Waals surface area contributed by atoms with Crippen LogP contribution in [0.15, 0.2) is 30.6 Å². The summed E-state index contributed by atoms with van der Waals surface area (Å²) in [5.41, 5.74) is 2.65. The van der Waals surface area contributed by atoms with Crippen molar-refractivity contribution in [3.8, 4) is 5.75 Å². The summed E-state index contributed by atoms with van der Waals surface area (Å²) in [4.78, 5) is 19.6. The minimum atomic E-state index is 0.0766. The normalized spacial score (nSPS) is 25.2. The summed E-state index contributed by atoms with van der Waals surface area (Å²) in [5.74, 6) is 1.87. The van der Waals surface area contributed by atoms with Crippen LogP contribution in [0.5, 0.6) is 5.75 Å². The molecule has 3 atom stereocenters. The van der Waals surface area contributed by atoms with Crippen LogP contribution in [0.1, 0.15) is 27.8 Å². The number of methoxy groups -OCH3 is 1. The molecule has 2 saturated heterocycles. The van der Waals surface area contributed by atoms with Gasteiger partial charge < -0.3 is 19.5 Å². The largest absolute Gasteiger partial charge is 0.497 e. The van der Waals surface area contributed by atoms with E-state index >= 15 is 0 Å². The van der Waals surface area contributed by atoms with E-state index in [1.54, 1.807) is 13.4 Å². The summed E-state index contributed by atoms with van der Waals surface area (Å²) in [5, 5.41) is 3.48. The minimum absolute atomic E-state index is 0.0766. The van der Waals surface area contributed by atoms with Crippen LogP contribution in [0.2, 0.25) is 0 Å². The van der Waals surface area contributed by atoms with Gasteiger partial charge in [0.05, 0.1) is 25.2 Å². The topological polar surface area (TPSA) is 59.4 Å². The lowest BCUT2D eigenvalue weighted by Gasteiger charge is -2.29. The second-order valence-corrected chi connectivity index (χ2v) is 7.05. The van der Waals surface area contributed by atoms with E-state index in [-0.39, 0.29) is 11.9 Å². The molecule has 0 radical (unpaired) electrons. The second-order valence-electron chi connectivity index (χ2n) is 7.05. The molecule has 0 saturated carbocycles. The fraction of sp³-hybridized carbons (Fsp3) is 0.474. The maximum Gasteiger partial charge on any atom is 0.272 e. The Bertz CT molecular complexity index is 764. The molecule has 2 fully saturated rings. The first-order valence-electron chi connectivity index (χ1n) is 8.73. The molecule has 0 spiro atoms. The van der Waals surface area contributed by atoms with Crippen molar-refractivity contribution in [2.75, 3.05) is 26.7 Å². The van der Waals surface area contributed by atoms with E-state index in [4.69, 9.17) is 4.74 Å². The van der Waals surface area contributed by atoms with E-state index in [1.165, 1.54) is 5.56 Å². The van der Waals surface area contributed by atoms with Crippen molar-refractivity contribution in [3.05, 3.63) is 47.5 Å². The Hall–Kier alpha value is -2.34. The zero-order valence-electron chi connectivity index (χ0n) is 14.9. The van der Waals surface area contributed by atoms with Gasteiger partial charge in [0.15, 0.2) is 0 Å². The number of rotatable bonds is 3. The summed E-state index contributed by atoms with van der Waals surface area (Å²) >= 11 is 0. The molecule has 6 heteroatoms. The molecule has 1 N–H and O–H groups in total. The maximum atomic E-state index is 13.3. The van der Waals surface area contributed by atoms with Gasteiger partial charge in [0, 0.05) is 32.6 Å². The molecule has 1 aromatic carbocycles. The van der Waals surface area contributed by atoms with Crippen LogP contribution in [-0.4, -0.2) is 47.1 Å². The number of aromatic nitrogens is 2. The predicted molar refractivity (Wildman–Crippen MR) is 94.6 cm³/mol. The average Bonchev–Trinajstić information content (AvgIpc) is 3.29. The average molecular weight is 340 g/mol. The van der Waals surface area contributed by atoms with Gasteiger partial charge >= 0.3 is 0 Å². The zero-order valence-corrected chi connectivity index (χ0v) is 14.9. The third-order valence-electron chi connectivity index (χ3n) is 5.61. The molecule has 4 rings (SSSR count). The number of nitrogens with zero attached hydrogens (tertiary/aromatic N) is 3. The Morgan fingerprint density at radius 3 is 2.68 bits per heavy atom. The molecule has 0 aliphatic carbocycles. The van der Waals surface area contributed by atoms with Crippen LogP contribution >= 0.6 is 0 Å². The quantitative estimate of drug-likeness (QED) is 0.925. The Morgan fingerprint density at radius 1 is 1.28 bits per heavy atom. The number of imidazole rings is 1. The SMILES string of the molecule is COc1ccc([C@H]2[C@H]3CNC[C@H]3CN2C(=O)c2c(C)ncn2C)cc1. The molecule has 25 heavy (non-hydrogen) atoms. The number of carbonyl (C=O) groups is 1. The van der Waals surface area contributed by atoms with Gasteiger partial charge in [-0.1, -0.05) is 12.1 Å². The Balaban J connectivity index is 1.71. The summed E-state index contributed by atoms with van der Waals surface area (Å²) in [6.45, 7) is 4.62. The van der Waals surface area contributed by atoms with E-state index in [9.17, 15) is 4.79 Å². The third kappa shape index (κ3) is 2.61. The van der Waals surface area contributed by atoms with Crippen LogP contribution in [0, 0.1) is 18.8 Å². The first kappa shape index (κ1) is 16.1. The molecular formula is C19H24N4O2. The number of fused-ring (bicyclic) bond motifs is 1. The molecule has 2 aliphatic rings. The van der Waals surface area contributed by atoms with E-state index in [1.807, 2.05) is 35.6 Å². The van der Waals surface area contributed by atoms with E-state index in [2.05, 4.69) is 22.4 Å². The molecule has 1 aromatic heterocycles. The lowest BCUT2D eigenvalue weighted by molar-refractivity contribution is 0.0703. The van der Waals surface area contributed by atoms with Crippen LogP contribution in [-0.2, 0) is 7.05 Å². The summed E-state index contributed by atoms with van der Waals surface area (Å²) in [7, 11) is 3.55. The second kappa shape index (κ2) is 6.19. The molecule has 132 valence electrons. The van der Waals surface area contributed by atoms with Crippen molar-refractivity contribution in [1.82, 2.24) is 19.8 Å². The smallest absolute Gasteiger partial charge is 0.272 e. The van der Waals surface area contributed by atoms with Crippen molar-refractivity contribution in [3.63, 3.8) is 0 Å². The lowest BCUT2D eigenvalue weighted by atomic mass is 9.89. The predicted octanol–water partition coefficient (Wildman–Crippen LogP) is 1.77. The summed E-state index contributed by atoms with van der Waals surface area (Å²) < 4.78 is 7.11. The van der Waals surface area contributed by atoms with Crippen LogP contribution in [0.3, 0.4) is 0 Å². The number of amides is 1. The van der Waals surface area contributed by atoms with Crippen molar-refractivity contribution in [2.24, 2.45) is 18.9 Å². The number of nitrogens with one attached hydrogen (secondary N) is 1. The van der Waals surface area contributed by atoms with Crippen molar-refractivity contribution < 1.29 is 9.53 Å². The number of hydrogen-bond acceptors (Lipinski definition) is 4. The third-order valence-corrected chi connectivity index (χ3v) is 5.61. The van der Waals surface area contributed by atoms with E-state index < -0.39 is 0 Å². The highest BCUT2D eigenvalue weighted by atomic mass is 16.5. The van der Waals surface area contributed by atoms with E-state index in [0.29, 0.717) is 17.5 Å². The number of benzene rings is 1. The first-order valence-corrected chi connectivity index (χ1v) is 8.73. The molecule has 0 unspecified atom stereocenters. The summed E-state index contributed by atoms with van der Waals surface area (Å²) in [6.07, 6.45) is 1.71. The highest BCUT2D eigenvalue weighted by molar-refractivity contribution is 5.94. The summed E-state index contributed by atoms with van der Waals surface area (Å²) in [6, 6.07) is 8.21. The molecule has 1 amide bonds. The Morgan fingerprint density at radius 2 is 2.04 bits per heavy atom. The molecule has 0 bridgehead atoms. The van der Waals surface area contributed by atoms with E-state index in [0.717, 1.165) is 31.1 Å². The van der Waals surface area contributed by atoms with Crippen LogP contribution in [0.4, 0.5) is 0 Å². The van der Waals surface area contributed by atoms with Gasteiger partial charge in [0.25, 0.3) is 5.91 Å². The molecule has 3 heterocycles. The highest BCUT2D eigenvalue weighted by Gasteiger charge is 2.47. The minimum Gasteiger partial charge on any atom is -0.497 e. The lowest BCUT2D eigenvalue weighted by Crippen LogP contribution is -2.36. The fourth-order valence-electron chi connectivity index (χ4n) is 4.35. The Kier molecular flexibility index (Phi) is 4.00. The van der Waals surface area contributed by atoms with Gasteiger partial charge in [-0.3, -0.25) is 4.79 Å².